The van der Waals surface area contributed by atoms with Crippen LogP contribution in [0.2, 0.25) is 0 Å². The first-order valence-electron chi connectivity index (χ1n) is 11.8. The fourth-order valence-electron chi connectivity index (χ4n) is 5.20. The van der Waals surface area contributed by atoms with Crippen LogP contribution < -0.4 is 0 Å². The van der Waals surface area contributed by atoms with Crippen LogP contribution in [0.3, 0.4) is 0 Å². The molecule has 0 aromatic heterocycles. The quantitative estimate of drug-likeness (QED) is 0.163. The summed E-state index contributed by atoms with van der Waals surface area (Å²) in [5.41, 5.74) is 2.01. The molecule has 0 spiro atoms. The molecular formula is C30H28N2O4. The van der Waals surface area contributed by atoms with Crippen molar-refractivity contribution in [3.05, 3.63) is 119 Å². The van der Waals surface area contributed by atoms with E-state index in [2.05, 4.69) is 47.4 Å². The normalized spacial score (nSPS) is 17.6. The van der Waals surface area contributed by atoms with Gasteiger partial charge in [-0.15, -0.1) is 0 Å². The first-order chi connectivity index (χ1) is 17.6. The third kappa shape index (κ3) is 4.41. The number of likely N-dealkylation sites (tertiary alicyclic amines) is 1. The average molecular weight is 481 g/mol. The van der Waals surface area contributed by atoms with Crippen molar-refractivity contribution in [3.8, 4) is 6.07 Å². The third-order valence-electron chi connectivity index (χ3n) is 6.77. The van der Waals surface area contributed by atoms with Gasteiger partial charge in [0, 0.05) is 12.6 Å². The lowest BCUT2D eigenvalue weighted by Crippen LogP contribution is -2.51. The summed E-state index contributed by atoms with van der Waals surface area (Å²) in [6, 6.07) is 32.1. The fraction of sp³-hybridized carbons (Fsp3) is 0.233. The van der Waals surface area contributed by atoms with Gasteiger partial charge in [0.05, 0.1) is 31.7 Å². The summed E-state index contributed by atoms with van der Waals surface area (Å²) in [4.78, 5) is 27.4. The number of methoxy groups -OCH3 is 2. The molecule has 36 heavy (non-hydrogen) atoms. The maximum absolute atomic E-state index is 12.6. The van der Waals surface area contributed by atoms with Crippen LogP contribution in [0.25, 0.3) is 0 Å². The number of esters is 2. The summed E-state index contributed by atoms with van der Waals surface area (Å²) in [6.45, 7) is 0.563. The number of ether oxygens (including phenoxy) is 2. The molecule has 1 heterocycles. The molecule has 0 bridgehead atoms. The van der Waals surface area contributed by atoms with Gasteiger partial charge in [-0.2, -0.15) is 5.26 Å². The highest BCUT2D eigenvalue weighted by Gasteiger charge is 2.49. The molecule has 0 amide bonds. The van der Waals surface area contributed by atoms with Crippen molar-refractivity contribution < 1.29 is 19.1 Å². The van der Waals surface area contributed by atoms with Gasteiger partial charge in [0.1, 0.15) is 5.57 Å². The maximum Gasteiger partial charge on any atom is 0.345 e. The van der Waals surface area contributed by atoms with Crippen LogP contribution in [0.1, 0.15) is 23.1 Å². The summed E-state index contributed by atoms with van der Waals surface area (Å²) in [7, 11) is 2.44. The van der Waals surface area contributed by atoms with E-state index in [4.69, 9.17) is 9.47 Å². The Hall–Kier alpha value is -4.21. The molecular weight excluding hydrogens is 452 g/mol. The first kappa shape index (κ1) is 24.9. The molecule has 0 aliphatic carbocycles. The molecule has 1 aliphatic heterocycles. The van der Waals surface area contributed by atoms with Gasteiger partial charge in [0.2, 0.25) is 0 Å². The van der Waals surface area contributed by atoms with Gasteiger partial charge in [-0.25, -0.2) is 9.59 Å². The lowest BCUT2D eigenvalue weighted by atomic mass is 9.75. The van der Waals surface area contributed by atoms with Crippen LogP contribution in [0.5, 0.6) is 0 Å². The summed E-state index contributed by atoms with van der Waals surface area (Å²) in [6.07, 6.45) is 2.11. The highest BCUT2D eigenvalue weighted by atomic mass is 16.5. The Morgan fingerprint density at radius 3 is 1.61 bits per heavy atom. The second-order valence-electron chi connectivity index (χ2n) is 8.58. The maximum atomic E-state index is 12.6. The van der Waals surface area contributed by atoms with Crippen LogP contribution in [0.4, 0.5) is 0 Å². The molecule has 1 aliphatic rings. The predicted octanol–water partition coefficient (Wildman–Crippen LogP) is 4.46. The largest absolute Gasteiger partial charge is 0.465 e. The average Bonchev–Trinajstić information content (AvgIpc) is 3.36. The highest BCUT2D eigenvalue weighted by molar-refractivity contribution is 6.14. The first-order valence-corrected chi connectivity index (χ1v) is 11.8. The Bertz CT molecular complexity index is 1150. The van der Waals surface area contributed by atoms with Gasteiger partial charge in [-0.1, -0.05) is 91.0 Å². The number of carbonyl (C=O) groups excluding carboxylic acids is 2. The number of hydrogen-bond acceptors (Lipinski definition) is 6. The van der Waals surface area contributed by atoms with Crippen LogP contribution in [-0.2, 0) is 24.6 Å². The zero-order chi connectivity index (χ0) is 25.5. The zero-order valence-electron chi connectivity index (χ0n) is 20.3. The fourth-order valence-corrected chi connectivity index (χ4v) is 5.20. The molecule has 3 aromatic rings. The number of carbonyl (C=O) groups is 2. The van der Waals surface area contributed by atoms with Crippen molar-refractivity contribution in [3.63, 3.8) is 0 Å². The van der Waals surface area contributed by atoms with Crippen molar-refractivity contribution in [1.29, 1.82) is 5.26 Å². The van der Waals surface area contributed by atoms with E-state index in [0.29, 0.717) is 13.0 Å². The molecule has 1 saturated heterocycles. The van der Waals surface area contributed by atoms with E-state index in [1.54, 1.807) is 6.08 Å². The SMILES string of the molecule is COC(=O)C(=C[C@H]1[C@@H](C#N)CCN1C(c1ccccc1)(c1ccccc1)c1ccccc1)C(=O)OC. The topological polar surface area (TPSA) is 79.6 Å². The molecule has 0 saturated carbocycles. The zero-order valence-corrected chi connectivity index (χ0v) is 20.3. The smallest absolute Gasteiger partial charge is 0.345 e. The van der Waals surface area contributed by atoms with Gasteiger partial charge in [0.25, 0.3) is 0 Å². The monoisotopic (exact) mass is 480 g/mol. The van der Waals surface area contributed by atoms with Crippen molar-refractivity contribution in [2.24, 2.45) is 5.92 Å². The Morgan fingerprint density at radius 2 is 1.25 bits per heavy atom. The van der Waals surface area contributed by atoms with E-state index < -0.39 is 29.4 Å². The van der Waals surface area contributed by atoms with Gasteiger partial charge in [-0.3, -0.25) is 4.90 Å². The molecule has 4 rings (SSSR count). The van der Waals surface area contributed by atoms with Crippen LogP contribution in [-0.4, -0.2) is 43.6 Å². The third-order valence-corrected chi connectivity index (χ3v) is 6.77. The standard InChI is InChI=1S/C30H28N2O4/c1-35-28(33)26(29(34)36-2)20-27-22(21-31)18-19-32(27)30(23-12-6-3-7-13-23,24-14-8-4-9-15-24)25-16-10-5-11-17-25/h3-17,20,22,27H,18-19H2,1-2H3/t22-,27+/m1/s1. The van der Waals surface area contributed by atoms with Gasteiger partial charge < -0.3 is 9.47 Å². The number of nitriles is 1. The molecule has 0 unspecified atom stereocenters. The van der Waals surface area contributed by atoms with E-state index in [1.165, 1.54) is 14.2 Å². The minimum atomic E-state index is -0.798. The second kappa shape index (κ2) is 11.0. The van der Waals surface area contributed by atoms with Crippen molar-refractivity contribution in [2.45, 2.75) is 18.0 Å². The molecule has 0 radical (unpaired) electrons. The summed E-state index contributed by atoms with van der Waals surface area (Å²) in [5.74, 6) is -2.05. The lowest BCUT2D eigenvalue weighted by molar-refractivity contribution is -0.144. The highest BCUT2D eigenvalue weighted by Crippen LogP contribution is 2.47. The van der Waals surface area contributed by atoms with Crippen molar-refractivity contribution in [1.82, 2.24) is 4.90 Å². The molecule has 6 nitrogen and oxygen atoms in total. The number of benzene rings is 3. The summed E-state index contributed by atoms with van der Waals surface area (Å²) < 4.78 is 9.76. The van der Waals surface area contributed by atoms with E-state index in [-0.39, 0.29) is 5.57 Å². The van der Waals surface area contributed by atoms with Gasteiger partial charge in [0.15, 0.2) is 0 Å². The molecule has 3 aromatic carbocycles. The van der Waals surface area contributed by atoms with E-state index in [1.807, 2.05) is 54.6 Å². The summed E-state index contributed by atoms with van der Waals surface area (Å²) in [5, 5.41) is 10.1. The van der Waals surface area contributed by atoms with E-state index in [9.17, 15) is 14.9 Å². The molecule has 0 N–H and O–H groups in total. The van der Waals surface area contributed by atoms with Crippen LogP contribution in [0.15, 0.2) is 103 Å². The predicted molar refractivity (Wildman–Crippen MR) is 136 cm³/mol. The molecule has 6 heteroatoms. The van der Waals surface area contributed by atoms with Crippen LogP contribution in [0, 0.1) is 17.2 Å². The number of nitrogens with zero attached hydrogens (tertiary/aromatic N) is 2. The van der Waals surface area contributed by atoms with Gasteiger partial charge in [-0.05, 0) is 29.2 Å². The minimum absolute atomic E-state index is 0.222. The molecule has 182 valence electrons. The Balaban J connectivity index is 2.04. The molecule has 1 fully saturated rings. The second-order valence-corrected chi connectivity index (χ2v) is 8.58. The Kier molecular flexibility index (Phi) is 7.62. The molecule has 2 atom stereocenters. The van der Waals surface area contributed by atoms with Crippen molar-refractivity contribution >= 4 is 11.9 Å². The lowest BCUT2D eigenvalue weighted by Gasteiger charge is -2.46. The Labute approximate surface area is 211 Å². The van der Waals surface area contributed by atoms with E-state index in [0.717, 1.165) is 16.7 Å². The van der Waals surface area contributed by atoms with Crippen LogP contribution >= 0.6 is 0 Å². The van der Waals surface area contributed by atoms with Crippen molar-refractivity contribution in [2.75, 3.05) is 20.8 Å². The number of rotatable bonds is 7. The number of hydrogen-bond donors (Lipinski definition) is 0. The minimum Gasteiger partial charge on any atom is -0.465 e. The Morgan fingerprint density at radius 1 is 0.833 bits per heavy atom. The summed E-state index contributed by atoms with van der Waals surface area (Å²) >= 11 is 0. The van der Waals surface area contributed by atoms with Gasteiger partial charge >= 0.3 is 11.9 Å². The van der Waals surface area contributed by atoms with E-state index >= 15 is 0 Å².